The quantitative estimate of drug-likeness (QED) is 0.881. The minimum absolute atomic E-state index is 0.0575. The van der Waals surface area contributed by atoms with Gasteiger partial charge in [-0.1, -0.05) is 12.1 Å². The lowest BCUT2D eigenvalue weighted by Gasteiger charge is -2.05. The minimum atomic E-state index is -0.885. The van der Waals surface area contributed by atoms with E-state index in [1.807, 2.05) is 36.4 Å². The summed E-state index contributed by atoms with van der Waals surface area (Å²) in [6, 6.07) is 11.1. The molecule has 0 aliphatic rings. The Hall–Kier alpha value is -1.85. The van der Waals surface area contributed by atoms with E-state index in [-0.39, 0.29) is 6.42 Å². The summed E-state index contributed by atoms with van der Waals surface area (Å²) in [5.41, 5.74) is 6.89. The smallest absolute Gasteiger partial charge is 0.305 e. The zero-order valence-electron chi connectivity index (χ0n) is 10.5. The summed E-state index contributed by atoms with van der Waals surface area (Å²) in [5.74, 6) is -0.0916. The van der Waals surface area contributed by atoms with E-state index in [9.17, 15) is 4.79 Å². The first-order chi connectivity index (χ1) is 9.10. The molecule has 0 amide bonds. The van der Waals surface area contributed by atoms with Gasteiger partial charge in [-0.3, -0.25) is 4.79 Å². The van der Waals surface area contributed by atoms with E-state index >= 15 is 0 Å². The minimum Gasteiger partial charge on any atom is -0.497 e. The third-order valence-corrected chi connectivity index (χ3v) is 4.01. The number of thiophene rings is 1. The molecule has 0 saturated heterocycles. The Morgan fingerprint density at radius 2 is 2.21 bits per heavy atom. The number of aliphatic carboxylic acids is 1. The molecule has 0 fully saturated rings. The average molecular weight is 277 g/mol. The summed E-state index contributed by atoms with van der Waals surface area (Å²) in [6.07, 6.45) is -0.0575. The Morgan fingerprint density at radius 1 is 1.42 bits per heavy atom. The van der Waals surface area contributed by atoms with Gasteiger partial charge < -0.3 is 15.6 Å². The molecule has 1 atom stereocenters. The van der Waals surface area contributed by atoms with Gasteiger partial charge >= 0.3 is 5.97 Å². The largest absolute Gasteiger partial charge is 0.497 e. The summed E-state index contributed by atoms with van der Waals surface area (Å²) in [5, 5.41) is 8.75. The topological polar surface area (TPSA) is 72.5 Å². The van der Waals surface area contributed by atoms with Crippen molar-refractivity contribution >= 4 is 17.3 Å². The summed E-state index contributed by atoms with van der Waals surface area (Å²) >= 11 is 1.51. The molecule has 0 bridgehead atoms. The van der Waals surface area contributed by atoms with Gasteiger partial charge in [-0.05, 0) is 29.8 Å². The molecule has 0 aliphatic carbocycles. The fourth-order valence-electron chi connectivity index (χ4n) is 1.77. The second-order valence-corrected chi connectivity index (χ2v) is 5.25. The predicted molar refractivity (Wildman–Crippen MR) is 75.5 cm³/mol. The van der Waals surface area contributed by atoms with Crippen LogP contribution in [0.15, 0.2) is 36.4 Å². The van der Waals surface area contributed by atoms with Crippen molar-refractivity contribution in [3.05, 3.63) is 41.3 Å². The van der Waals surface area contributed by atoms with Crippen molar-refractivity contribution in [2.75, 3.05) is 7.11 Å². The molecule has 2 aromatic rings. The van der Waals surface area contributed by atoms with Crippen molar-refractivity contribution in [1.82, 2.24) is 0 Å². The number of carbonyl (C=O) groups is 1. The Morgan fingerprint density at radius 3 is 2.89 bits per heavy atom. The van der Waals surface area contributed by atoms with Gasteiger partial charge in [0.25, 0.3) is 0 Å². The van der Waals surface area contributed by atoms with Gasteiger partial charge in [0.2, 0.25) is 0 Å². The lowest BCUT2D eigenvalue weighted by Crippen LogP contribution is -2.13. The number of carboxylic acid groups (broad SMARTS) is 1. The number of ether oxygens (including phenoxy) is 1. The van der Waals surface area contributed by atoms with E-state index in [1.165, 1.54) is 11.3 Å². The average Bonchev–Trinajstić information content (AvgIpc) is 2.88. The first-order valence-corrected chi connectivity index (χ1v) is 6.63. The van der Waals surface area contributed by atoms with Gasteiger partial charge in [0, 0.05) is 15.8 Å². The van der Waals surface area contributed by atoms with Crippen LogP contribution >= 0.6 is 11.3 Å². The molecule has 0 unspecified atom stereocenters. The van der Waals surface area contributed by atoms with Crippen molar-refractivity contribution < 1.29 is 14.6 Å². The van der Waals surface area contributed by atoms with Crippen LogP contribution in [-0.4, -0.2) is 18.2 Å². The first kappa shape index (κ1) is 13.6. The second kappa shape index (κ2) is 5.86. The van der Waals surface area contributed by atoms with E-state index in [0.717, 1.165) is 21.1 Å². The Bertz CT molecular complexity index is 580. The Balaban J connectivity index is 2.22. The molecular weight excluding hydrogens is 262 g/mol. The van der Waals surface area contributed by atoms with Crippen LogP contribution in [0.2, 0.25) is 0 Å². The fourth-order valence-corrected chi connectivity index (χ4v) is 2.78. The van der Waals surface area contributed by atoms with Crippen LogP contribution in [0.3, 0.4) is 0 Å². The standard InChI is InChI=1S/C14H15NO3S/c1-18-10-4-2-3-9(7-10)12-5-6-13(19-12)11(15)8-14(16)17/h2-7,11H,8,15H2,1H3,(H,16,17)/t11-/m0/s1. The number of rotatable bonds is 5. The zero-order valence-corrected chi connectivity index (χ0v) is 11.3. The highest BCUT2D eigenvalue weighted by atomic mass is 32.1. The molecule has 0 saturated carbocycles. The van der Waals surface area contributed by atoms with Crippen LogP contribution in [-0.2, 0) is 4.79 Å². The summed E-state index contributed by atoms with van der Waals surface area (Å²) < 4.78 is 5.19. The lowest BCUT2D eigenvalue weighted by atomic mass is 10.1. The van der Waals surface area contributed by atoms with Gasteiger partial charge in [-0.15, -0.1) is 11.3 Å². The van der Waals surface area contributed by atoms with Crippen LogP contribution in [0.4, 0.5) is 0 Å². The van der Waals surface area contributed by atoms with Gasteiger partial charge in [-0.2, -0.15) is 0 Å². The highest BCUT2D eigenvalue weighted by Crippen LogP contribution is 2.33. The third kappa shape index (κ3) is 3.33. The molecule has 1 heterocycles. The highest BCUT2D eigenvalue weighted by molar-refractivity contribution is 7.15. The number of hydrogen-bond acceptors (Lipinski definition) is 4. The van der Waals surface area contributed by atoms with Gasteiger partial charge in [-0.25, -0.2) is 0 Å². The zero-order chi connectivity index (χ0) is 13.8. The molecule has 1 aromatic heterocycles. The molecule has 1 aromatic carbocycles. The molecule has 0 spiro atoms. The predicted octanol–water partition coefficient (Wildman–Crippen LogP) is 2.90. The van der Waals surface area contributed by atoms with E-state index in [4.69, 9.17) is 15.6 Å². The van der Waals surface area contributed by atoms with Crippen LogP contribution in [0.25, 0.3) is 10.4 Å². The van der Waals surface area contributed by atoms with Gasteiger partial charge in [0.05, 0.1) is 13.5 Å². The van der Waals surface area contributed by atoms with Crippen LogP contribution in [0.1, 0.15) is 17.3 Å². The highest BCUT2D eigenvalue weighted by Gasteiger charge is 2.13. The van der Waals surface area contributed by atoms with E-state index in [0.29, 0.717) is 0 Å². The monoisotopic (exact) mass is 277 g/mol. The summed E-state index contributed by atoms with van der Waals surface area (Å²) in [4.78, 5) is 12.6. The molecule has 100 valence electrons. The Labute approximate surface area is 115 Å². The molecule has 0 radical (unpaired) electrons. The van der Waals surface area contributed by atoms with E-state index < -0.39 is 12.0 Å². The summed E-state index contributed by atoms with van der Waals surface area (Å²) in [7, 11) is 1.63. The van der Waals surface area contributed by atoms with Gasteiger partial charge in [0.15, 0.2) is 0 Å². The number of hydrogen-bond donors (Lipinski definition) is 2. The molecule has 4 nitrogen and oxygen atoms in total. The molecule has 19 heavy (non-hydrogen) atoms. The van der Waals surface area contributed by atoms with E-state index in [1.54, 1.807) is 7.11 Å². The number of carboxylic acids is 1. The van der Waals surface area contributed by atoms with Crippen LogP contribution in [0, 0.1) is 0 Å². The normalized spacial score (nSPS) is 12.1. The van der Waals surface area contributed by atoms with Crippen LogP contribution in [0.5, 0.6) is 5.75 Å². The molecule has 3 N–H and O–H groups in total. The number of nitrogens with two attached hydrogens (primary N) is 1. The molecule has 5 heteroatoms. The number of benzene rings is 1. The first-order valence-electron chi connectivity index (χ1n) is 5.81. The Kier molecular flexibility index (Phi) is 4.19. The van der Waals surface area contributed by atoms with Gasteiger partial charge in [0.1, 0.15) is 5.75 Å². The van der Waals surface area contributed by atoms with Crippen molar-refractivity contribution in [2.24, 2.45) is 5.73 Å². The van der Waals surface area contributed by atoms with Crippen molar-refractivity contribution in [3.8, 4) is 16.2 Å². The maximum absolute atomic E-state index is 10.7. The van der Waals surface area contributed by atoms with E-state index in [2.05, 4.69) is 0 Å². The number of methoxy groups -OCH3 is 1. The van der Waals surface area contributed by atoms with Crippen molar-refractivity contribution in [2.45, 2.75) is 12.5 Å². The maximum Gasteiger partial charge on any atom is 0.305 e. The maximum atomic E-state index is 10.7. The van der Waals surface area contributed by atoms with Crippen molar-refractivity contribution in [3.63, 3.8) is 0 Å². The molecule has 2 rings (SSSR count). The molecular formula is C14H15NO3S. The third-order valence-electron chi connectivity index (χ3n) is 2.74. The second-order valence-electron chi connectivity index (χ2n) is 4.14. The van der Waals surface area contributed by atoms with Crippen molar-refractivity contribution in [1.29, 1.82) is 0 Å². The molecule has 0 aliphatic heterocycles. The van der Waals surface area contributed by atoms with Crippen LogP contribution < -0.4 is 10.5 Å². The lowest BCUT2D eigenvalue weighted by molar-refractivity contribution is -0.137. The fraction of sp³-hybridized carbons (Fsp3) is 0.214. The SMILES string of the molecule is COc1cccc(-c2ccc([C@@H](N)CC(=O)O)s2)c1. The summed E-state index contributed by atoms with van der Waals surface area (Å²) in [6.45, 7) is 0.